The molecule has 0 saturated heterocycles. The zero-order valence-electron chi connectivity index (χ0n) is 13.7. The first-order valence-corrected chi connectivity index (χ1v) is 10.4. The van der Waals surface area contributed by atoms with Gasteiger partial charge in [-0.15, -0.1) is 0 Å². The maximum Gasteiger partial charge on any atom is 0.240 e. The van der Waals surface area contributed by atoms with Crippen molar-refractivity contribution >= 4 is 44.2 Å². The molecule has 0 atom stereocenters. The van der Waals surface area contributed by atoms with Crippen molar-refractivity contribution in [3.05, 3.63) is 46.0 Å². The van der Waals surface area contributed by atoms with Crippen LogP contribution in [-0.4, -0.2) is 34.1 Å². The van der Waals surface area contributed by atoms with E-state index in [0.717, 1.165) is 3.57 Å². The standard InChI is InChI=1S/C17H17IN2O5S/c18-12-1-3-13(4-2-12)20-17(21)7-8-19-26(22,23)14-5-6-15-16(11-14)25-10-9-24-15/h1-6,11,19H,7-10H2,(H,20,21). The van der Waals surface area contributed by atoms with E-state index < -0.39 is 10.0 Å². The van der Waals surface area contributed by atoms with Gasteiger partial charge in [0.25, 0.3) is 0 Å². The van der Waals surface area contributed by atoms with Crippen molar-refractivity contribution in [1.82, 2.24) is 4.72 Å². The summed E-state index contributed by atoms with van der Waals surface area (Å²) < 4.78 is 39.0. The van der Waals surface area contributed by atoms with Gasteiger partial charge in [-0.2, -0.15) is 0 Å². The van der Waals surface area contributed by atoms with Crippen molar-refractivity contribution in [2.45, 2.75) is 11.3 Å². The Morgan fingerprint density at radius 3 is 2.46 bits per heavy atom. The summed E-state index contributed by atoms with van der Waals surface area (Å²) in [6.45, 7) is 0.808. The van der Waals surface area contributed by atoms with Crippen LogP contribution in [0.5, 0.6) is 11.5 Å². The molecular formula is C17H17IN2O5S. The minimum absolute atomic E-state index is 0.00697. The first-order valence-electron chi connectivity index (χ1n) is 7.89. The lowest BCUT2D eigenvalue weighted by atomic mass is 10.3. The van der Waals surface area contributed by atoms with Crippen molar-refractivity contribution in [3.63, 3.8) is 0 Å². The fourth-order valence-corrected chi connectivity index (χ4v) is 3.74. The van der Waals surface area contributed by atoms with Gasteiger partial charge in [0.15, 0.2) is 11.5 Å². The summed E-state index contributed by atoms with van der Waals surface area (Å²) in [5, 5.41) is 2.72. The summed E-state index contributed by atoms with van der Waals surface area (Å²) in [5.41, 5.74) is 0.671. The van der Waals surface area contributed by atoms with Gasteiger partial charge >= 0.3 is 0 Å². The quantitative estimate of drug-likeness (QED) is 0.610. The summed E-state index contributed by atoms with van der Waals surface area (Å²) >= 11 is 2.17. The van der Waals surface area contributed by atoms with E-state index in [-0.39, 0.29) is 23.8 Å². The van der Waals surface area contributed by atoms with E-state index in [0.29, 0.717) is 30.4 Å². The molecule has 1 heterocycles. The first-order chi connectivity index (χ1) is 12.4. The highest BCUT2D eigenvalue weighted by Crippen LogP contribution is 2.32. The van der Waals surface area contributed by atoms with Crippen molar-refractivity contribution in [2.75, 3.05) is 25.1 Å². The number of ether oxygens (including phenoxy) is 2. The Kier molecular flexibility index (Phi) is 5.99. The number of hydrogen-bond donors (Lipinski definition) is 2. The molecule has 2 aromatic carbocycles. The minimum atomic E-state index is -3.73. The van der Waals surface area contributed by atoms with Crippen molar-refractivity contribution in [2.24, 2.45) is 0 Å². The number of anilines is 1. The van der Waals surface area contributed by atoms with Gasteiger partial charge in [-0.05, 0) is 59.0 Å². The summed E-state index contributed by atoms with van der Waals surface area (Å²) in [4.78, 5) is 12.0. The molecule has 0 unspecified atom stereocenters. The van der Waals surface area contributed by atoms with Crippen LogP contribution in [0.3, 0.4) is 0 Å². The Labute approximate surface area is 165 Å². The Morgan fingerprint density at radius 1 is 1.04 bits per heavy atom. The molecule has 2 aromatic rings. The minimum Gasteiger partial charge on any atom is -0.486 e. The third kappa shape index (κ3) is 4.86. The zero-order chi connectivity index (χ0) is 18.6. The van der Waals surface area contributed by atoms with E-state index in [1.165, 1.54) is 12.1 Å². The van der Waals surface area contributed by atoms with Gasteiger partial charge in [0, 0.05) is 28.3 Å². The SMILES string of the molecule is O=C(CCNS(=O)(=O)c1ccc2c(c1)OCCO2)Nc1ccc(I)cc1. The lowest BCUT2D eigenvalue weighted by Gasteiger charge is -2.18. The van der Waals surface area contributed by atoms with E-state index >= 15 is 0 Å². The molecule has 7 nitrogen and oxygen atoms in total. The second-order valence-corrected chi connectivity index (χ2v) is 8.52. The smallest absolute Gasteiger partial charge is 0.240 e. The number of hydrogen-bond acceptors (Lipinski definition) is 5. The molecule has 26 heavy (non-hydrogen) atoms. The molecule has 2 N–H and O–H groups in total. The number of fused-ring (bicyclic) bond motifs is 1. The second-order valence-electron chi connectivity index (χ2n) is 5.51. The highest BCUT2D eigenvalue weighted by molar-refractivity contribution is 14.1. The van der Waals surface area contributed by atoms with Crippen molar-refractivity contribution < 1.29 is 22.7 Å². The van der Waals surface area contributed by atoms with Crippen LogP contribution in [0.25, 0.3) is 0 Å². The average Bonchev–Trinajstić information content (AvgIpc) is 2.63. The van der Waals surface area contributed by atoms with Crippen LogP contribution in [0.2, 0.25) is 0 Å². The van der Waals surface area contributed by atoms with Gasteiger partial charge in [-0.3, -0.25) is 4.79 Å². The van der Waals surface area contributed by atoms with Crippen LogP contribution in [0, 0.1) is 3.57 Å². The molecule has 0 saturated carbocycles. The molecule has 1 amide bonds. The average molecular weight is 488 g/mol. The second kappa shape index (κ2) is 8.23. The third-order valence-corrected chi connectivity index (χ3v) is 5.77. The largest absolute Gasteiger partial charge is 0.486 e. The van der Waals surface area contributed by atoms with Gasteiger partial charge in [-0.1, -0.05) is 0 Å². The zero-order valence-corrected chi connectivity index (χ0v) is 16.7. The molecule has 0 bridgehead atoms. The number of carbonyl (C=O) groups is 1. The summed E-state index contributed by atoms with van der Waals surface area (Å²) in [6, 6.07) is 11.8. The molecule has 0 spiro atoms. The normalized spacial score (nSPS) is 13.3. The molecule has 1 aliphatic heterocycles. The van der Waals surface area contributed by atoms with Crippen LogP contribution < -0.4 is 19.5 Å². The molecule has 1 aliphatic rings. The number of nitrogens with one attached hydrogen (secondary N) is 2. The molecule has 0 aliphatic carbocycles. The molecule has 0 aromatic heterocycles. The van der Waals surface area contributed by atoms with Crippen LogP contribution in [0.4, 0.5) is 5.69 Å². The fraction of sp³-hybridized carbons (Fsp3) is 0.235. The van der Waals surface area contributed by atoms with Gasteiger partial charge in [0.1, 0.15) is 13.2 Å². The lowest BCUT2D eigenvalue weighted by molar-refractivity contribution is -0.116. The summed E-state index contributed by atoms with van der Waals surface area (Å²) in [6.07, 6.45) is 0.0236. The summed E-state index contributed by atoms with van der Waals surface area (Å²) in [7, 11) is -3.73. The van der Waals surface area contributed by atoms with E-state index in [9.17, 15) is 13.2 Å². The molecule has 0 radical (unpaired) electrons. The fourth-order valence-electron chi connectivity index (χ4n) is 2.33. The monoisotopic (exact) mass is 488 g/mol. The van der Waals surface area contributed by atoms with Crippen LogP contribution in [0.15, 0.2) is 47.4 Å². The topological polar surface area (TPSA) is 93.7 Å². The molecule has 9 heteroatoms. The van der Waals surface area contributed by atoms with E-state index in [1.807, 2.05) is 12.1 Å². The van der Waals surface area contributed by atoms with Gasteiger partial charge in [-0.25, -0.2) is 13.1 Å². The Bertz CT molecular complexity index is 900. The Hall–Kier alpha value is -1.85. The highest BCUT2D eigenvalue weighted by Gasteiger charge is 2.19. The molecule has 3 rings (SSSR count). The summed E-state index contributed by atoms with van der Waals surface area (Å²) in [5.74, 6) is 0.652. The van der Waals surface area contributed by atoms with Gasteiger partial charge < -0.3 is 14.8 Å². The first kappa shape index (κ1) is 18.9. The number of rotatable bonds is 6. The number of sulfonamides is 1. The van der Waals surface area contributed by atoms with Crippen LogP contribution >= 0.6 is 22.6 Å². The molecule has 138 valence electrons. The van der Waals surface area contributed by atoms with Crippen LogP contribution in [0.1, 0.15) is 6.42 Å². The maximum absolute atomic E-state index is 12.4. The van der Waals surface area contributed by atoms with E-state index in [1.54, 1.807) is 18.2 Å². The van der Waals surface area contributed by atoms with E-state index in [2.05, 4.69) is 32.6 Å². The number of amides is 1. The Balaban J connectivity index is 1.55. The third-order valence-electron chi connectivity index (χ3n) is 3.60. The van der Waals surface area contributed by atoms with Crippen molar-refractivity contribution in [3.8, 4) is 11.5 Å². The van der Waals surface area contributed by atoms with Gasteiger partial charge in [0.05, 0.1) is 4.90 Å². The predicted molar refractivity (Wildman–Crippen MR) is 105 cm³/mol. The van der Waals surface area contributed by atoms with E-state index in [4.69, 9.17) is 9.47 Å². The lowest BCUT2D eigenvalue weighted by Crippen LogP contribution is -2.28. The Morgan fingerprint density at radius 2 is 1.73 bits per heavy atom. The molecule has 0 fully saturated rings. The maximum atomic E-state index is 12.4. The number of carbonyl (C=O) groups excluding carboxylic acids is 1. The number of benzene rings is 2. The van der Waals surface area contributed by atoms with Gasteiger partial charge in [0.2, 0.25) is 15.9 Å². The van der Waals surface area contributed by atoms with Crippen molar-refractivity contribution in [1.29, 1.82) is 0 Å². The van der Waals surface area contributed by atoms with Crippen LogP contribution in [-0.2, 0) is 14.8 Å². The number of halogens is 1. The molecular weight excluding hydrogens is 471 g/mol. The highest BCUT2D eigenvalue weighted by atomic mass is 127. The predicted octanol–water partition coefficient (Wildman–Crippen LogP) is 2.37.